The highest BCUT2D eigenvalue weighted by molar-refractivity contribution is 4.58. The molecule has 9 nitrogen and oxygen atoms in total. The lowest BCUT2D eigenvalue weighted by molar-refractivity contribution is -0.0689. The molecule has 0 aromatic heterocycles. The van der Waals surface area contributed by atoms with E-state index in [1.165, 1.54) is 0 Å². The molecule has 0 aliphatic rings. The van der Waals surface area contributed by atoms with Gasteiger partial charge in [-0.3, -0.25) is 0 Å². The van der Waals surface area contributed by atoms with Gasteiger partial charge in [-0.25, -0.2) is 0 Å². The maximum absolute atomic E-state index is 8.69. The summed E-state index contributed by atoms with van der Waals surface area (Å²) in [5, 5.41) is 17.4. The normalized spacial score (nSPS) is 13.5. The molecule has 2 N–H and O–H groups in total. The van der Waals surface area contributed by atoms with E-state index in [-0.39, 0.29) is 25.4 Å². The lowest BCUT2D eigenvalue weighted by Crippen LogP contribution is -2.25. The molecule has 2 atom stereocenters. The molecule has 2 unspecified atom stereocenters. The van der Waals surface area contributed by atoms with Crippen molar-refractivity contribution in [3.63, 3.8) is 0 Å². The third-order valence-corrected chi connectivity index (χ3v) is 4.74. The summed E-state index contributed by atoms with van der Waals surface area (Å²) in [6, 6.07) is 0. The van der Waals surface area contributed by atoms with Crippen molar-refractivity contribution in [2.75, 3.05) is 92.5 Å². The molecule has 0 bridgehead atoms. The van der Waals surface area contributed by atoms with Gasteiger partial charge >= 0.3 is 0 Å². The quantitative estimate of drug-likeness (QED) is 0.162. The summed E-state index contributed by atoms with van der Waals surface area (Å²) in [4.78, 5) is 0. The molecule has 0 radical (unpaired) electrons. The van der Waals surface area contributed by atoms with E-state index in [0.717, 1.165) is 38.5 Å². The number of rotatable bonds is 28. The Kier molecular flexibility index (Phi) is 27.6. The van der Waals surface area contributed by atoms with Gasteiger partial charge in [0.25, 0.3) is 0 Å². The maximum atomic E-state index is 8.69. The summed E-state index contributed by atoms with van der Waals surface area (Å²) >= 11 is 0. The van der Waals surface area contributed by atoms with Crippen LogP contribution in [-0.2, 0) is 33.2 Å². The summed E-state index contributed by atoms with van der Waals surface area (Å²) in [6.45, 7) is 10.2. The first kappa shape index (κ1) is 32.6. The fourth-order valence-electron chi connectivity index (χ4n) is 2.94. The molecular weight excluding hydrogens is 432 g/mol. The maximum Gasteiger partial charge on any atom is 0.0809 e. The zero-order valence-corrected chi connectivity index (χ0v) is 21.0. The molecule has 0 aliphatic carbocycles. The molecule has 200 valence electrons. The van der Waals surface area contributed by atoms with Crippen molar-refractivity contribution in [3.8, 4) is 0 Å². The smallest absolute Gasteiger partial charge is 0.0809 e. The van der Waals surface area contributed by atoms with Gasteiger partial charge in [0.1, 0.15) is 0 Å². The van der Waals surface area contributed by atoms with E-state index in [9.17, 15) is 0 Å². The zero-order chi connectivity index (χ0) is 24.2. The second-order valence-corrected chi connectivity index (χ2v) is 7.70. The minimum absolute atomic E-state index is 0.0298. The first-order valence-electron chi connectivity index (χ1n) is 12.6. The highest BCUT2D eigenvalue weighted by atomic mass is 16.6. The van der Waals surface area contributed by atoms with Crippen molar-refractivity contribution >= 4 is 0 Å². The molecule has 0 aromatic carbocycles. The van der Waals surface area contributed by atoms with Crippen molar-refractivity contribution in [1.29, 1.82) is 0 Å². The average molecular weight is 483 g/mol. The van der Waals surface area contributed by atoms with Crippen molar-refractivity contribution < 1.29 is 43.4 Å². The zero-order valence-electron chi connectivity index (χ0n) is 21.0. The van der Waals surface area contributed by atoms with Crippen LogP contribution < -0.4 is 0 Å². The third-order valence-electron chi connectivity index (χ3n) is 4.74. The summed E-state index contributed by atoms with van der Waals surface area (Å²) in [6.07, 6.45) is 6.45. The summed E-state index contributed by atoms with van der Waals surface area (Å²) in [7, 11) is 0. The number of hydrogen-bond donors (Lipinski definition) is 2. The molecule has 0 amide bonds. The van der Waals surface area contributed by atoms with Crippen LogP contribution in [0.2, 0.25) is 0 Å². The first-order valence-corrected chi connectivity index (χ1v) is 12.6. The van der Waals surface area contributed by atoms with Gasteiger partial charge in [-0.15, -0.1) is 0 Å². The van der Waals surface area contributed by atoms with Crippen molar-refractivity contribution in [2.24, 2.45) is 0 Å². The van der Waals surface area contributed by atoms with Crippen LogP contribution in [-0.4, -0.2) is 115 Å². The predicted molar refractivity (Wildman–Crippen MR) is 127 cm³/mol. The number of hydrogen-bond acceptors (Lipinski definition) is 9. The topological polar surface area (TPSA) is 105 Å². The highest BCUT2D eigenvalue weighted by Gasteiger charge is 2.11. The average Bonchev–Trinajstić information content (AvgIpc) is 2.83. The number of ether oxygens (including phenoxy) is 7. The molecule has 0 aromatic rings. The lowest BCUT2D eigenvalue weighted by Gasteiger charge is -2.19. The Labute approximate surface area is 201 Å². The lowest BCUT2D eigenvalue weighted by atomic mass is 10.2. The number of aliphatic hydroxyl groups excluding tert-OH is 2. The van der Waals surface area contributed by atoms with Crippen molar-refractivity contribution in [3.05, 3.63) is 0 Å². The van der Waals surface area contributed by atoms with E-state index >= 15 is 0 Å². The molecule has 0 fully saturated rings. The summed E-state index contributed by atoms with van der Waals surface area (Å²) < 4.78 is 39.2. The molecule has 0 saturated heterocycles. The van der Waals surface area contributed by atoms with E-state index in [1.807, 2.05) is 0 Å². The molecule has 0 spiro atoms. The number of unbranched alkanes of at least 4 members (excludes halogenated alkanes) is 2. The largest absolute Gasteiger partial charge is 0.394 e. The fourth-order valence-corrected chi connectivity index (χ4v) is 2.94. The standard InChI is InChI=1S/C24H50O9/c1-3-5-7-23(21-30-15-13-27-11-9-25)32-19-17-29-18-20-33-24(8-6-4-2)22-31-16-14-28-12-10-26/h23-26H,3-22H2,1-2H3. The fraction of sp³-hybridized carbons (Fsp3) is 1.00. The van der Waals surface area contributed by atoms with Gasteiger partial charge in [-0.2, -0.15) is 0 Å². The van der Waals surface area contributed by atoms with Crippen LogP contribution in [0, 0.1) is 0 Å². The van der Waals surface area contributed by atoms with Gasteiger partial charge in [0.05, 0.1) is 105 Å². The summed E-state index contributed by atoms with van der Waals surface area (Å²) in [5.41, 5.74) is 0. The van der Waals surface area contributed by atoms with Crippen LogP contribution >= 0.6 is 0 Å². The van der Waals surface area contributed by atoms with Gasteiger partial charge in [0, 0.05) is 0 Å². The van der Waals surface area contributed by atoms with E-state index in [4.69, 9.17) is 43.4 Å². The van der Waals surface area contributed by atoms with Gasteiger partial charge in [-0.05, 0) is 12.8 Å². The van der Waals surface area contributed by atoms with Gasteiger partial charge in [0.15, 0.2) is 0 Å². The van der Waals surface area contributed by atoms with E-state index in [0.29, 0.717) is 79.3 Å². The monoisotopic (exact) mass is 482 g/mol. The highest BCUT2D eigenvalue weighted by Crippen LogP contribution is 2.07. The van der Waals surface area contributed by atoms with Gasteiger partial charge < -0.3 is 43.4 Å². The molecule has 33 heavy (non-hydrogen) atoms. The van der Waals surface area contributed by atoms with E-state index in [2.05, 4.69) is 13.8 Å². The Balaban J connectivity index is 3.84. The third kappa shape index (κ3) is 24.6. The number of aliphatic hydroxyl groups is 2. The van der Waals surface area contributed by atoms with Gasteiger partial charge in [-0.1, -0.05) is 39.5 Å². The molecule has 9 heteroatoms. The Bertz CT molecular complexity index is 329. The first-order chi connectivity index (χ1) is 16.3. The Morgan fingerprint density at radius 3 is 1.24 bits per heavy atom. The SMILES string of the molecule is CCCCC(COCCOCCO)OCCOCCOC(CCCC)COCCOCCO. The minimum Gasteiger partial charge on any atom is -0.394 e. The second kappa shape index (κ2) is 27.9. The van der Waals surface area contributed by atoms with Gasteiger partial charge in [0.2, 0.25) is 0 Å². The van der Waals surface area contributed by atoms with E-state index < -0.39 is 0 Å². The van der Waals surface area contributed by atoms with Crippen LogP contribution in [0.1, 0.15) is 52.4 Å². The van der Waals surface area contributed by atoms with E-state index in [1.54, 1.807) is 0 Å². The van der Waals surface area contributed by atoms with Crippen LogP contribution in [0.3, 0.4) is 0 Å². The second-order valence-electron chi connectivity index (χ2n) is 7.70. The van der Waals surface area contributed by atoms with Crippen LogP contribution in [0.25, 0.3) is 0 Å². The Hall–Kier alpha value is -0.360. The molecule has 0 aliphatic heterocycles. The molecule has 0 rings (SSSR count). The molecule has 0 saturated carbocycles. The Morgan fingerprint density at radius 1 is 0.485 bits per heavy atom. The van der Waals surface area contributed by atoms with Crippen LogP contribution in [0.5, 0.6) is 0 Å². The predicted octanol–water partition coefficient (Wildman–Crippen LogP) is 2.20. The molecule has 0 heterocycles. The minimum atomic E-state index is 0.0298. The Morgan fingerprint density at radius 2 is 0.848 bits per heavy atom. The summed E-state index contributed by atoms with van der Waals surface area (Å²) in [5.74, 6) is 0. The van der Waals surface area contributed by atoms with Crippen molar-refractivity contribution in [2.45, 2.75) is 64.6 Å². The van der Waals surface area contributed by atoms with Crippen LogP contribution in [0.15, 0.2) is 0 Å². The van der Waals surface area contributed by atoms with Crippen molar-refractivity contribution in [1.82, 2.24) is 0 Å². The van der Waals surface area contributed by atoms with Crippen LogP contribution in [0.4, 0.5) is 0 Å². The molecular formula is C24H50O9.